The molecular weight excluding hydrogens is 188 g/mol. The standard InChI is InChI=1S/C12H24N2O/c1-2-15-10-6-9-12(14-13)11-7-4-3-5-8-11/h7,12,14H,2-6,8-10,13H2,1H3. The van der Waals surface area contributed by atoms with Crippen LogP contribution in [0.2, 0.25) is 0 Å². The van der Waals surface area contributed by atoms with E-state index in [0.29, 0.717) is 6.04 Å². The van der Waals surface area contributed by atoms with E-state index < -0.39 is 0 Å². The molecule has 0 heterocycles. The van der Waals surface area contributed by atoms with Gasteiger partial charge in [0.1, 0.15) is 0 Å². The lowest BCUT2D eigenvalue weighted by atomic mass is 9.92. The minimum absolute atomic E-state index is 0.366. The Labute approximate surface area is 93.0 Å². The molecule has 1 rings (SSSR count). The monoisotopic (exact) mass is 212 g/mol. The number of hydrogen-bond acceptors (Lipinski definition) is 3. The van der Waals surface area contributed by atoms with E-state index in [-0.39, 0.29) is 0 Å². The van der Waals surface area contributed by atoms with Gasteiger partial charge in [0.2, 0.25) is 0 Å². The van der Waals surface area contributed by atoms with Crippen molar-refractivity contribution < 1.29 is 4.74 Å². The summed E-state index contributed by atoms with van der Waals surface area (Å²) in [6, 6.07) is 0.366. The molecule has 0 saturated carbocycles. The molecule has 0 saturated heterocycles. The van der Waals surface area contributed by atoms with Crippen LogP contribution in [0, 0.1) is 0 Å². The van der Waals surface area contributed by atoms with Crippen molar-refractivity contribution in [2.24, 2.45) is 5.84 Å². The maximum absolute atomic E-state index is 5.59. The summed E-state index contributed by atoms with van der Waals surface area (Å²) >= 11 is 0. The molecule has 1 aliphatic rings. The van der Waals surface area contributed by atoms with E-state index in [1.54, 1.807) is 0 Å². The predicted octanol–water partition coefficient (Wildman–Crippen LogP) is 2.14. The van der Waals surface area contributed by atoms with E-state index in [2.05, 4.69) is 11.5 Å². The second-order valence-corrected chi connectivity index (χ2v) is 4.08. The number of hydrazine groups is 1. The third-order valence-electron chi connectivity index (χ3n) is 2.96. The summed E-state index contributed by atoms with van der Waals surface area (Å²) < 4.78 is 5.33. The fraction of sp³-hybridized carbons (Fsp3) is 0.833. The second kappa shape index (κ2) is 7.85. The highest BCUT2D eigenvalue weighted by Crippen LogP contribution is 2.22. The minimum Gasteiger partial charge on any atom is -0.382 e. The van der Waals surface area contributed by atoms with Gasteiger partial charge in [-0.2, -0.15) is 0 Å². The summed E-state index contributed by atoms with van der Waals surface area (Å²) in [5, 5.41) is 0. The van der Waals surface area contributed by atoms with Crippen LogP contribution in [-0.4, -0.2) is 19.3 Å². The summed E-state index contributed by atoms with van der Waals surface area (Å²) in [7, 11) is 0. The average Bonchev–Trinajstić information content (AvgIpc) is 2.30. The Morgan fingerprint density at radius 3 is 3.00 bits per heavy atom. The fourth-order valence-electron chi connectivity index (χ4n) is 2.09. The maximum atomic E-state index is 5.59. The van der Waals surface area contributed by atoms with Crippen LogP contribution in [-0.2, 0) is 4.74 Å². The molecule has 0 radical (unpaired) electrons. The van der Waals surface area contributed by atoms with Crippen molar-refractivity contribution >= 4 is 0 Å². The molecule has 1 atom stereocenters. The van der Waals surface area contributed by atoms with Crippen molar-refractivity contribution in [2.45, 2.75) is 51.5 Å². The first-order valence-electron chi connectivity index (χ1n) is 6.11. The molecule has 3 nitrogen and oxygen atoms in total. The Morgan fingerprint density at radius 1 is 1.53 bits per heavy atom. The maximum Gasteiger partial charge on any atom is 0.0466 e. The lowest BCUT2D eigenvalue weighted by Gasteiger charge is -2.22. The molecule has 0 aromatic rings. The molecule has 3 heteroatoms. The first-order valence-corrected chi connectivity index (χ1v) is 6.11. The molecule has 0 spiro atoms. The van der Waals surface area contributed by atoms with E-state index in [1.165, 1.54) is 31.3 Å². The molecular formula is C12H24N2O. The number of rotatable bonds is 7. The lowest BCUT2D eigenvalue weighted by Crippen LogP contribution is -2.37. The van der Waals surface area contributed by atoms with Crippen LogP contribution in [0.4, 0.5) is 0 Å². The average molecular weight is 212 g/mol. The van der Waals surface area contributed by atoms with Crippen molar-refractivity contribution in [2.75, 3.05) is 13.2 Å². The van der Waals surface area contributed by atoms with E-state index in [9.17, 15) is 0 Å². The molecule has 0 aromatic carbocycles. The third kappa shape index (κ3) is 4.78. The summed E-state index contributed by atoms with van der Waals surface area (Å²) in [4.78, 5) is 0. The van der Waals surface area contributed by atoms with Gasteiger partial charge in [0, 0.05) is 19.3 Å². The Balaban J connectivity index is 2.25. The fourth-order valence-corrected chi connectivity index (χ4v) is 2.09. The SMILES string of the molecule is CCOCCCC(NN)C1=CCCCC1. The van der Waals surface area contributed by atoms with Gasteiger partial charge in [-0.25, -0.2) is 0 Å². The topological polar surface area (TPSA) is 47.3 Å². The highest BCUT2D eigenvalue weighted by molar-refractivity contribution is 5.12. The van der Waals surface area contributed by atoms with Crippen LogP contribution in [0.15, 0.2) is 11.6 Å². The molecule has 0 fully saturated rings. The summed E-state index contributed by atoms with van der Waals surface area (Å²) in [6.07, 6.45) is 9.61. The van der Waals surface area contributed by atoms with Gasteiger partial charge in [-0.3, -0.25) is 11.3 Å². The quantitative estimate of drug-likeness (QED) is 0.294. The van der Waals surface area contributed by atoms with Crippen LogP contribution in [0.3, 0.4) is 0 Å². The molecule has 1 unspecified atom stereocenters. The Morgan fingerprint density at radius 2 is 2.40 bits per heavy atom. The number of ether oxygens (including phenoxy) is 1. The molecule has 1 aliphatic carbocycles. The molecule has 88 valence electrons. The molecule has 0 amide bonds. The molecule has 0 aliphatic heterocycles. The predicted molar refractivity (Wildman–Crippen MR) is 63.4 cm³/mol. The van der Waals surface area contributed by atoms with Crippen molar-refractivity contribution in [1.82, 2.24) is 5.43 Å². The first kappa shape index (κ1) is 12.7. The van der Waals surface area contributed by atoms with Crippen LogP contribution in [0.5, 0.6) is 0 Å². The summed E-state index contributed by atoms with van der Waals surface area (Å²) in [6.45, 7) is 3.69. The van der Waals surface area contributed by atoms with Crippen LogP contribution in [0.25, 0.3) is 0 Å². The second-order valence-electron chi connectivity index (χ2n) is 4.08. The zero-order valence-corrected chi connectivity index (χ0v) is 9.80. The zero-order valence-electron chi connectivity index (χ0n) is 9.80. The zero-order chi connectivity index (χ0) is 10.9. The van der Waals surface area contributed by atoms with Crippen molar-refractivity contribution in [3.05, 3.63) is 11.6 Å². The normalized spacial score (nSPS) is 18.7. The molecule has 0 aromatic heterocycles. The largest absolute Gasteiger partial charge is 0.382 e. The molecule has 15 heavy (non-hydrogen) atoms. The van der Waals surface area contributed by atoms with Crippen molar-refractivity contribution in [1.29, 1.82) is 0 Å². The van der Waals surface area contributed by atoms with Gasteiger partial charge in [-0.1, -0.05) is 11.6 Å². The Kier molecular flexibility index (Phi) is 6.64. The third-order valence-corrected chi connectivity index (χ3v) is 2.96. The lowest BCUT2D eigenvalue weighted by molar-refractivity contribution is 0.141. The highest BCUT2D eigenvalue weighted by Gasteiger charge is 2.14. The van der Waals surface area contributed by atoms with Gasteiger partial charge in [0.25, 0.3) is 0 Å². The van der Waals surface area contributed by atoms with Gasteiger partial charge >= 0.3 is 0 Å². The van der Waals surface area contributed by atoms with Gasteiger partial charge in [-0.05, 0) is 45.4 Å². The minimum atomic E-state index is 0.366. The summed E-state index contributed by atoms with van der Waals surface area (Å²) in [5.74, 6) is 5.59. The summed E-state index contributed by atoms with van der Waals surface area (Å²) in [5.41, 5.74) is 4.43. The Hall–Kier alpha value is -0.380. The Bertz CT molecular complexity index is 192. The van der Waals surface area contributed by atoms with E-state index in [0.717, 1.165) is 26.1 Å². The first-order chi connectivity index (χ1) is 7.38. The van der Waals surface area contributed by atoms with Gasteiger partial charge in [-0.15, -0.1) is 0 Å². The molecule has 3 N–H and O–H groups in total. The number of allylic oxidation sites excluding steroid dienone is 1. The number of nitrogens with one attached hydrogen (secondary N) is 1. The van der Waals surface area contributed by atoms with E-state index in [4.69, 9.17) is 10.6 Å². The van der Waals surface area contributed by atoms with Gasteiger partial charge < -0.3 is 4.74 Å². The van der Waals surface area contributed by atoms with Gasteiger partial charge in [0.05, 0.1) is 0 Å². The number of hydrogen-bond donors (Lipinski definition) is 2. The van der Waals surface area contributed by atoms with Crippen LogP contribution in [0.1, 0.15) is 45.4 Å². The van der Waals surface area contributed by atoms with Crippen molar-refractivity contribution in [3.63, 3.8) is 0 Å². The van der Waals surface area contributed by atoms with E-state index in [1.807, 2.05) is 6.92 Å². The highest BCUT2D eigenvalue weighted by atomic mass is 16.5. The van der Waals surface area contributed by atoms with Crippen LogP contribution >= 0.6 is 0 Å². The van der Waals surface area contributed by atoms with E-state index >= 15 is 0 Å². The van der Waals surface area contributed by atoms with Crippen LogP contribution < -0.4 is 11.3 Å². The molecule has 0 bridgehead atoms. The number of nitrogens with two attached hydrogens (primary N) is 1. The van der Waals surface area contributed by atoms with Gasteiger partial charge in [0.15, 0.2) is 0 Å². The van der Waals surface area contributed by atoms with Crippen molar-refractivity contribution in [3.8, 4) is 0 Å². The smallest absolute Gasteiger partial charge is 0.0466 e.